The molecule has 0 radical (unpaired) electrons. The molecule has 19 heavy (non-hydrogen) atoms. The minimum absolute atomic E-state index is 0.671. The van der Waals surface area contributed by atoms with E-state index in [1.807, 2.05) is 18.6 Å². The number of rotatable bonds is 2. The second-order valence-electron chi connectivity index (χ2n) is 5.24. The van der Waals surface area contributed by atoms with Gasteiger partial charge in [0.1, 0.15) is 5.82 Å². The molecule has 0 unspecified atom stereocenters. The fourth-order valence-electron chi connectivity index (χ4n) is 2.72. The van der Waals surface area contributed by atoms with Gasteiger partial charge in [-0.1, -0.05) is 6.07 Å². The van der Waals surface area contributed by atoms with Crippen molar-refractivity contribution in [3.8, 4) is 0 Å². The van der Waals surface area contributed by atoms with E-state index in [1.54, 1.807) is 0 Å². The molecule has 3 heteroatoms. The first-order valence-electron chi connectivity index (χ1n) is 6.90. The van der Waals surface area contributed by atoms with Crippen molar-refractivity contribution < 1.29 is 0 Å². The summed E-state index contributed by atoms with van der Waals surface area (Å²) in [4.78, 5) is 11.0. The average molecular weight is 253 g/mol. The molecule has 3 heterocycles. The van der Waals surface area contributed by atoms with Crippen LogP contribution in [0.3, 0.4) is 0 Å². The summed E-state index contributed by atoms with van der Waals surface area (Å²) in [5.41, 5.74) is 2.64. The highest BCUT2D eigenvalue weighted by Gasteiger charge is 2.21. The second kappa shape index (κ2) is 5.39. The van der Waals surface area contributed by atoms with Gasteiger partial charge in [0, 0.05) is 31.7 Å². The first-order chi connectivity index (χ1) is 9.33. The summed E-state index contributed by atoms with van der Waals surface area (Å²) in [6.07, 6.45) is 8.12. The van der Waals surface area contributed by atoms with Gasteiger partial charge in [0.2, 0.25) is 0 Å². The van der Waals surface area contributed by atoms with Crippen LogP contribution in [0.25, 0.3) is 0 Å². The van der Waals surface area contributed by atoms with Crippen LogP contribution in [-0.4, -0.2) is 23.1 Å². The van der Waals surface area contributed by atoms with Crippen molar-refractivity contribution in [3.63, 3.8) is 0 Å². The van der Waals surface area contributed by atoms with Gasteiger partial charge in [-0.2, -0.15) is 0 Å². The smallest absolute Gasteiger partial charge is 0.128 e. The molecule has 3 nitrogen and oxygen atoms in total. The molecular formula is C16H19N3. The Balaban J connectivity index is 1.65. The van der Waals surface area contributed by atoms with Crippen LogP contribution in [0.4, 0.5) is 5.82 Å². The average Bonchev–Trinajstić information content (AvgIpc) is 2.49. The Labute approximate surface area is 114 Å². The Morgan fingerprint density at radius 1 is 1.05 bits per heavy atom. The molecule has 2 aromatic rings. The van der Waals surface area contributed by atoms with Crippen molar-refractivity contribution >= 4 is 5.82 Å². The fourth-order valence-corrected chi connectivity index (χ4v) is 2.72. The van der Waals surface area contributed by atoms with Gasteiger partial charge in [-0.25, -0.2) is 4.98 Å². The zero-order valence-corrected chi connectivity index (χ0v) is 11.3. The lowest BCUT2D eigenvalue weighted by Gasteiger charge is -2.33. The zero-order valence-electron chi connectivity index (χ0n) is 11.3. The normalized spacial score (nSPS) is 16.6. The molecule has 2 aromatic heterocycles. The number of hydrogen-bond acceptors (Lipinski definition) is 3. The molecule has 1 aliphatic rings. The van der Waals surface area contributed by atoms with Crippen LogP contribution >= 0.6 is 0 Å². The predicted molar refractivity (Wildman–Crippen MR) is 77.4 cm³/mol. The number of anilines is 1. The molecule has 1 saturated heterocycles. The SMILES string of the molecule is Cc1ccc(N2CCC(c3ccncc3)CC2)nc1. The van der Waals surface area contributed by atoms with E-state index in [9.17, 15) is 0 Å². The third-order valence-electron chi connectivity index (χ3n) is 3.89. The molecule has 0 bridgehead atoms. The van der Waals surface area contributed by atoms with Gasteiger partial charge in [-0.05, 0) is 55.0 Å². The van der Waals surface area contributed by atoms with E-state index in [0.717, 1.165) is 18.9 Å². The van der Waals surface area contributed by atoms with Crippen LogP contribution in [0.2, 0.25) is 0 Å². The summed E-state index contributed by atoms with van der Waals surface area (Å²) < 4.78 is 0. The summed E-state index contributed by atoms with van der Waals surface area (Å²) in [5, 5.41) is 0. The van der Waals surface area contributed by atoms with Crippen LogP contribution in [0, 0.1) is 6.92 Å². The maximum Gasteiger partial charge on any atom is 0.128 e. The predicted octanol–water partition coefficient (Wildman–Crippen LogP) is 3.17. The van der Waals surface area contributed by atoms with Crippen molar-refractivity contribution in [2.45, 2.75) is 25.7 Å². The van der Waals surface area contributed by atoms with Gasteiger partial charge < -0.3 is 4.90 Å². The summed E-state index contributed by atoms with van der Waals surface area (Å²) in [5.74, 6) is 1.78. The molecule has 0 spiro atoms. The topological polar surface area (TPSA) is 29.0 Å². The molecule has 98 valence electrons. The molecular weight excluding hydrogens is 234 g/mol. The standard InChI is InChI=1S/C16H19N3/c1-13-2-3-16(18-12-13)19-10-6-15(7-11-19)14-4-8-17-9-5-14/h2-5,8-9,12,15H,6-7,10-11H2,1H3. The first kappa shape index (κ1) is 12.2. The van der Waals surface area contributed by atoms with E-state index in [-0.39, 0.29) is 0 Å². The van der Waals surface area contributed by atoms with Crippen LogP contribution < -0.4 is 4.90 Å². The number of aryl methyl sites for hydroxylation is 1. The Morgan fingerprint density at radius 2 is 1.79 bits per heavy atom. The third kappa shape index (κ3) is 2.75. The van der Waals surface area contributed by atoms with Gasteiger partial charge >= 0.3 is 0 Å². The maximum absolute atomic E-state index is 4.52. The van der Waals surface area contributed by atoms with Crippen molar-refractivity contribution in [2.24, 2.45) is 0 Å². The number of pyridine rings is 2. The molecule has 0 saturated carbocycles. The monoisotopic (exact) mass is 253 g/mol. The number of nitrogens with zero attached hydrogens (tertiary/aromatic N) is 3. The minimum atomic E-state index is 0.671. The molecule has 0 atom stereocenters. The van der Waals surface area contributed by atoms with Crippen LogP contribution in [0.5, 0.6) is 0 Å². The molecule has 0 amide bonds. The quantitative estimate of drug-likeness (QED) is 0.823. The summed E-state index contributed by atoms with van der Waals surface area (Å²) in [6, 6.07) is 8.55. The minimum Gasteiger partial charge on any atom is -0.357 e. The second-order valence-corrected chi connectivity index (χ2v) is 5.24. The van der Waals surface area contributed by atoms with Gasteiger partial charge in [0.15, 0.2) is 0 Å². The molecule has 0 N–H and O–H groups in total. The van der Waals surface area contributed by atoms with Gasteiger partial charge in [0.05, 0.1) is 0 Å². The molecule has 0 aromatic carbocycles. The van der Waals surface area contributed by atoms with Crippen molar-refractivity contribution in [1.82, 2.24) is 9.97 Å². The summed E-state index contributed by atoms with van der Waals surface area (Å²) in [7, 11) is 0. The van der Waals surface area contributed by atoms with Crippen LogP contribution in [0.1, 0.15) is 29.9 Å². The van der Waals surface area contributed by atoms with E-state index >= 15 is 0 Å². The molecule has 1 fully saturated rings. The van der Waals surface area contributed by atoms with Gasteiger partial charge in [-0.3, -0.25) is 4.98 Å². The van der Waals surface area contributed by atoms with Gasteiger partial charge in [-0.15, -0.1) is 0 Å². The molecule has 0 aliphatic carbocycles. The Kier molecular flexibility index (Phi) is 3.45. The van der Waals surface area contributed by atoms with Crippen LogP contribution in [0.15, 0.2) is 42.9 Å². The lowest BCUT2D eigenvalue weighted by Crippen LogP contribution is -2.33. The Hall–Kier alpha value is -1.90. The number of aromatic nitrogens is 2. The molecule has 1 aliphatic heterocycles. The fraction of sp³-hybridized carbons (Fsp3) is 0.375. The number of hydrogen-bond donors (Lipinski definition) is 0. The zero-order chi connectivity index (χ0) is 13.1. The van der Waals surface area contributed by atoms with E-state index in [0.29, 0.717) is 5.92 Å². The van der Waals surface area contributed by atoms with E-state index < -0.39 is 0 Å². The highest BCUT2D eigenvalue weighted by Crippen LogP contribution is 2.29. The van der Waals surface area contributed by atoms with E-state index in [1.165, 1.54) is 24.0 Å². The van der Waals surface area contributed by atoms with Gasteiger partial charge in [0.25, 0.3) is 0 Å². The lowest BCUT2D eigenvalue weighted by molar-refractivity contribution is 0.502. The van der Waals surface area contributed by atoms with Crippen molar-refractivity contribution in [1.29, 1.82) is 0 Å². The highest BCUT2D eigenvalue weighted by atomic mass is 15.2. The van der Waals surface area contributed by atoms with E-state index in [4.69, 9.17) is 0 Å². The Morgan fingerprint density at radius 3 is 2.42 bits per heavy atom. The van der Waals surface area contributed by atoms with Crippen molar-refractivity contribution in [2.75, 3.05) is 18.0 Å². The maximum atomic E-state index is 4.52. The number of piperidine rings is 1. The summed E-state index contributed by atoms with van der Waals surface area (Å²) >= 11 is 0. The highest BCUT2D eigenvalue weighted by molar-refractivity contribution is 5.40. The molecule has 3 rings (SSSR count). The lowest BCUT2D eigenvalue weighted by atomic mass is 9.90. The van der Waals surface area contributed by atoms with Crippen LogP contribution in [-0.2, 0) is 0 Å². The Bertz CT molecular complexity index is 513. The van der Waals surface area contributed by atoms with Crippen molar-refractivity contribution in [3.05, 3.63) is 54.0 Å². The third-order valence-corrected chi connectivity index (χ3v) is 3.89. The summed E-state index contributed by atoms with van der Waals surface area (Å²) in [6.45, 7) is 4.25. The van der Waals surface area contributed by atoms with E-state index in [2.05, 4.69) is 46.1 Å². The largest absolute Gasteiger partial charge is 0.357 e. The first-order valence-corrected chi connectivity index (χ1v) is 6.90.